The molecule has 0 aliphatic carbocycles. The summed E-state index contributed by atoms with van der Waals surface area (Å²) in [5.41, 5.74) is 5.04. The van der Waals surface area contributed by atoms with Gasteiger partial charge in [-0.3, -0.25) is 4.99 Å². The zero-order valence-electron chi connectivity index (χ0n) is 15.4. The van der Waals surface area contributed by atoms with E-state index < -0.39 is 0 Å². The van der Waals surface area contributed by atoms with Crippen LogP contribution >= 0.6 is 0 Å². The molecule has 0 fully saturated rings. The third-order valence-corrected chi connectivity index (χ3v) is 4.65. The Balaban J connectivity index is 1.90. The van der Waals surface area contributed by atoms with Gasteiger partial charge in [0.05, 0.1) is 5.71 Å². The van der Waals surface area contributed by atoms with Crippen LogP contribution in [0.5, 0.6) is 0 Å². The van der Waals surface area contributed by atoms with Crippen molar-refractivity contribution in [3.8, 4) is 0 Å². The van der Waals surface area contributed by atoms with Crippen molar-refractivity contribution in [1.29, 1.82) is 0 Å². The molecular formula is C26H20FN. The molecule has 28 heavy (non-hydrogen) atoms. The van der Waals surface area contributed by atoms with Crippen LogP contribution < -0.4 is 0 Å². The van der Waals surface area contributed by atoms with Crippen LogP contribution in [0.15, 0.2) is 120 Å². The normalized spacial score (nSPS) is 11.6. The number of benzene rings is 4. The van der Waals surface area contributed by atoms with Gasteiger partial charge in [0.1, 0.15) is 11.9 Å². The molecule has 2 heteroatoms. The molecule has 1 nitrogen and oxygen atoms in total. The van der Waals surface area contributed by atoms with Gasteiger partial charge in [-0.2, -0.15) is 0 Å². The molecule has 136 valence electrons. The first-order valence-electron chi connectivity index (χ1n) is 9.30. The molecule has 0 N–H and O–H groups in total. The Kier molecular flexibility index (Phi) is 5.39. The van der Waals surface area contributed by atoms with Crippen molar-refractivity contribution in [1.82, 2.24) is 0 Å². The summed E-state index contributed by atoms with van der Waals surface area (Å²) in [6, 6.07) is 36.8. The van der Waals surface area contributed by atoms with Crippen molar-refractivity contribution in [2.45, 2.75) is 6.04 Å². The molecule has 4 aromatic rings. The van der Waals surface area contributed by atoms with Crippen molar-refractivity contribution >= 4 is 5.71 Å². The maximum Gasteiger partial charge on any atom is 0.123 e. The molecule has 1 unspecified atom stereocenters. The van der Waals surface area contributed by atoms with Gasteiger partial charge in [0, 0.05) is 11.1 Å². The predicted octanol–water partition coefficient (Wildman–Crippen LogP) is 6.45. The summed E-state index contributed by atoms with van der Waals surface area (Å²) in [7, 11) is 0. The van der Waals surface area contributed by atoms with Gasteiger partial charge in [0.15, 0.2) is 0 Å². The zero-order chi connectivity index (χ0) is 19.2. The molecule has 0 amide bonds. The quantitative estimate of drug-likeness (QED) is 0.360. The average Bonchev–Trinajstić information content (AvgIpc) is 2.77. The maximum absolute atomic E-state index is 13.5. The molecule has 0 radical (unpaired) electrons. The van der Waals surface area contributed by atoms with Gasteiger partial charge in [-0.1, -0.05) is 103 Å². The summed E-state index contributed by atoms with van der Waals surface area (Å²) >= 11 is 0. The number of hydrogen-bond acceptors (Lipinski definition) is 1. The van der Waals surface area contributed by atoms with Crippen LogP contribution in [0, 0.1) is 5.82 Å². The van der Waals surface area contributed by atoms with E-state index >= 15 is 0 Å². The fourth-order valence-electron chi connectivity index (χ4n) is 3.26. The second-order valence-corrected chi connectivity index (χ2v) is 6.57. The van der Waals surface area contributed by atoms with Crippen molar-refractivity contribution in [3.05, 3.63) is 143 Å². The highest BCUT2D eigenvalue weighted by Gasteiger charge is 2.16. The Labute approximate surface area is 164 Å². The molecule has 0 spiro atoms. The predicted molar refractivity (Wildman–Crippen MR) is 113 cm³/mol. The lowest BCUT2D eigenvalue weighted by molar-refractivity contribution is 0.626. The lowest BCUT2D eigenvalue weighted by atomic mass is 9.97. The van der Waals surface area contributed by atoms with E-state index in [-0.39, 0.29) is 11.9 Å². The van der Waals surface area contributed by atoms with Crippen LogP contribution in [0.4, 0.5) is 4.39 Å². The van der Waals surface area contributed by atoms with Gasteiger partial charge in [-0.25, -0.2) is 4.39 Å². The van der Waals surface area contributed by atoms with E-state index in [4.69, 9.17) is 4.99 Å². The first-order valence-corrected chi connectivity index (χ1v) is 9.30. The summed E-state index contributed by atoms with van der Waals surface area (Å²) in [6.07, 6.45) is 0. The minimum atomic E-state index is -0.245. The lowest BCUT2D eigenvalue weighted by Gasteiger charge is -2.17. The van der Waals surface area contributed by atoms with E-state index in [2.05, 4.69) is 36.4 Å². The Morgan fingerprint density at radius 2 is 0.964 bits per heavy atom. The van der Waals surface area contributed by atoms with Gasteiger partial charge in [0.25, 0.3) is 0 Å². The molecule has 0 heterocycles. The summed E-state index contributed by atoms with van der Waals surface area (Å²) in [5.74, 6) is -0.245. The highest BCUT2D eigenvalue weighted by atomic mass is 19.1. The molecule has 0 saturated heterocycles. The average molecular weight is 365 g/mol. The minimum absolute atomic E-state index is 0.225. The Morgan fingerprint density at radius 1 is 0.536 bits per heavy atom. The molecule has 4 rings (SSSR count). The Bertz CT molecular complexity index is 998. The molecule has 1 atom stereocenters. The largest absolute Gasteiger partial charge is 0.271 e. The van der Waals surface area contributed by atoms with Gasteiger partial charge in [0.2, 0.25) is 0 Å². The molecule has 0 aliphatic heterocycles. The topological polar surface area (TPSA) is 12.4 Å². The Morgan fingerprint density at radius 3 is 1.46 bits per heavy atom. The molecule has 0 saturated carbocycles. The highest BCUT2D eigenvalue weighted by Crippen LogP contribution is 2.28. The SMILES string of the molecule is Fc1ccc(C(N=C(c2ccccc2)c2ccccc2)c2ccccc2)cc1. The third-order valence-electron chi connectivity index (χ3n) is 4.65. The number of nitrogens with zero attached hydrogens (tertiary/aromatic N) is 1. The molecule has 0 bridgehead atoms. The van der Waals surface area contributed by atoms with Gasteiger partial charge < -0.3 is 0 Å². The van der Waals surface area contributed by atoms with E-state index in [9.17, 15) is 4.39 Å². The second kappa shape index (κ2) is 8.45. The van der Waals surface area contributed by atoms with Crippen molar-refractivity contribution in [2.75, 3.05) is 0 Å². The van der Waals surface area contributed by atoms with Crippen LogP contribution in [-0.4, -0.2) is 5.71 Å². The molecule has 4 aromatic carbocycles. The fraction of sp³-hybridized carbons (Fsp3) is 0.0385. The summed E-state index contributed by atoms with van der Waals surface area (Å²) in [4.78, 5) is 5.18. The second-order valence-electron chi connectivity index (χ2n) is 6.57. The van der Waals surface area contributed by atoms with E-state index in [0.717, 1.165) is 28.0 Å². The van der Waals surface area contributed by atoms with Crippen LogP contribution in [0.25, 0.3) is 0 Å². The van der Waals surface area contributed by atoms with Crippen molar-refractivity contribution in [3.63, 3.8) is 0 Å². The van der Waals surface area contributed by atoms with E-state index in [0.29, 0.717) is 0 Å². The summed E-state index contributed by atoms with van der Waals surface area (Å²) in [6.45, 7) is 0. The van der Waals surface area contributed by atoms with E-state index in [1.165, 1.54) is 12.1 Å². The van der Waals surface area contributed by atoms with Crippen LogP contribution in [0.3, 0.4) is 0 Å². The zero-order valence-corrected chi connectivity index (χ0v) is 15.4. The van der Waals surface area contributed by atoms with Crippen LogP contribution in [0.2, 0.25) is 0 Å². The van der Waals surface area contributed by atoms with Crippen molar-refractivity contribution < 1.29 is 4.39 Å². The monoisotopic (exact) mass is 365 g/mol. The Hall–Kier alpha value is -3.52. The van der Waals surface area contributed by atoms with Gasteiger partial charge in [-0.05, 0) is 23.3 Å². The highest BCUT2D eigenvalue weighted by molar-refractivity contribution is 6.13. The maximum atomic E-state index is 13.5. The van der Waals surface area contributed by atoms with Gasteiger partial charge >= 0.3 is 0 Å². The summed E-state index contributed by atoms with van der Waals surface area (Å²) in [5, 5.41) is 0. The third kappa shape index (κ3) is 4.07. The molecule has 0 aliphatic rings. The van der Waals surface area contributed by atoms with Gasteiger partial charge in [-0.15, -0.1) is 0 Å². The standard InChI is InChI=1S/C26H20FN/c27-24-18-16-23(17-19-24)26(22-14-8-3-9-15-22)28-25(20-10-4-1-5-11-20)21-12-6-2-7-13-21/h1-19,26H. The van der Waals surface area contributed by atoms with E-state index in [1.807, 2.05) is 66.7 Å². The molecular weight excluding hydrogens is 345 g/mol. The molecule has 0 aromatic heterocycles. The number of rotatable bonds is 5. The van der Waals surface area contributed by atoms with E-state index in [1.54, 1.807) is 0 Å². The number of aliphatic imine (C=N–C) groups is 1. The number of hydrogen-bond donors (Lipinski definition) is 0. The van der Waals surface area contributed by atoms with Crippen LogP contribution in [0.1, 0.15) is 28.3 Å². The number of halogens is 1. The summed E-state index contributed by atoms with van der Waals surface area (Å²) < 4.78 is 13.5. The fourth-order valence-corrected chi connectivity index (χ4v) is 3.26. The lowest BCUT2D eigenvalue weighted by Crippen LogP contribution is -2.08. The first kappa shape index (κ1) is 17.9. The smallest absolute Gasteiger partial charge is 0.123 e. The minimum Gasteiger partial charge on any atom is -0.271 e. The van der Waals surface area contributed by atoms with Crippen molar-refractivity contribution in [2.24, 2.45) is 4.99 Å². The first-order chi connectivity index (χ1) is 13.8. The van der Waals surface area contributed by atoms with Crippen LogP contribution in [-0.2, 0) is 0 Å².